The molecular formula is C18H26N2O2. The number of amides is 1. The largest absolute Gasteiger partial charge is 0.388 e. The van der Waals surface area contributed by atoms with Crippen LogP contribution in [0.2, 0.25) is 0 Å². The Kier molecular flexibility index (Phi) is 5.11. The summed E-state index contributed by atoms with van der Waals surface area (Å²) in [5.74, 6) is 0.977. The number of hydrogen-bond acceptors (Lipinski definition) is 3. The molecule has 2 N–H and O–H groups in total. The number of carbonyl (C=O) groups is 1. The smallest absolute Gasteiger partial charge is 0.236 e. The van der Waals surface area contributed by atoms with Crippen molar-refractivity contribution >= 4 is 5.91 Å². The van der Waals surface area contributed by atoms with E-state index in [9.17, 15) is 9.90 Å². The second kappa shape index (κ2) is 7.25. The molecule has 22 heavy (non-hydrogen) atoms. The van der Waals surface area contributed by atoms with Crippen molar-refractivity contribution in [2.75, 3.05) is 19.6 Å². The SMILES string of the molecule is O=C(CNCC1CC1)N1CCCC1CC(O)c1ccccc1. The number of hydrogen-bond donors (Lipinski definition) is 2. The number of nitrogens with zero attached hydrogens (tertiary/aromatic N) is 1. The summed E-state index contributed by atoms with van der Waals surface area (Å²) in [6, 6.07) is 9.90. The Morgan fingerprint density at radius 2 is 2.05 bits per heavy atom. The Morgan fingerprint density at radius 1 is 1.27 bits per heavy atom. The molecule has 3 rings (SSSR count). The Hall–Kier alpha value is -1.39. The molecule has 1 aliphatic carbocycles. The van der Waals surface area contributed by atoms with Crippen molar-refractivity contribution in [2.24, 2.45) is 5.92 Å². The van der Waals surface area contributed by atoms with Crippen LogP contribution >= 0.6 is 0 Å². The average Bonchev–Trinajstić information content (AvgIpc) is 3.25. The number of likely N-dealkylation sites (tertiary alicyclic amines) is 1. The lowest BCUT2D eigenvalue weighted by Crippen LogP contribution is -2.42. The quantitative estimate of drug-likeness (QED) is 0.811. The lowest BCUT2D eigenvalue weighted by Gasteiger charge is -2.27. The molecule has 0 bridgehead atoms. The normalized spacial score (nSPS) is 22.8. The van der Waals surface area contributed by atoms with Gasteiger partial charge in [0, 0.05) is 12.6 Å². The first kappa shape index (κ1) is 15.5. The maximum Gasteiger partial charge on any atom is 0.236 e. The molecular weight excluding hydrogens is 276 g/mol. The van der Waals surface area contributed by atoms with Gasteiger partial charge in [-0.3, -0.25) is 4.79 Å². The third kappa shape index (κ3) is 4.08. The van der Waals surface area contributed by atoms with Crippen LogP contribution in [0.25, 0.3) is 0 Å². The fourth-order valence-corrected chi connectivity index (χ4v) is 3.28. The Balaban J connectivity index is 1.50. The van der Waals surface area contributed by atoms with E-state index in [4.69, 9.17) is 0 Å². The summed E-state index contributed by atoms with van der Waals surface area (Å²) in [6.07, 6.45) is 4.80. The van der Waals surface area contributed by atoms with E-state index in [0.29, 0.717) is 13.0 Å². The standard InChI is InChI=1S/C18H26N2O2/c21-17(15-5-2-1-3-6-15)11-16-7-4-10-20(16)18(22)13-19-12-14-8-9-14/h1-3,5-6,14,16-17,19,21H,4,7-13H2. The maximum atomic E-state index is 12.4. The van der Waals surface area contributed by atoms with Gasteiger partial charge in [-0.2, -0.15) is 0 Å². The van der Waals surface area contributed by atoms with Gasteiger partial charge in [-0.15, -0.1) is 0 Å². The lowest BCUT2D eigenvalue weighted by molar-refractivity contribution is -0.131. The molecule has 120 valence electrons. The molecule has 0 aromatic heterocycles. The van der Waals surface area contributed by atoms with E-state index in [1.807, 2.05) is 35.2 Å². The van der Waals surface area contributed by atoms with Crippen LogP contribution in [0.3, 0.4) is 0 Å². The molecule has 1 aromatic carbocycles. The first-order chi connectivity index (χ1) is 10.7. The molecule has 4 heteroatoms. The van der Waals surface area contributed by atoms with Crippen molar-refractivity contribution in [3.8, 4) is 0 Å². The first-order valence-electron chi connectivity index (χ1n) is 8.47. The molecule has 2 unspecified atom stereocenters. The van der Waals surface area contributed by atoms with Gasteiger partial charge in [0.05, 0.1) is 12.6 Å². The molecule has 1 saturated heterocycles. The summed E-state index contributed by atoms with van der Waals surface area (Å²) < 4.78 is 0. The van der Waals surface area contributed by atoms with Gasteiger partial charge in [-0.25, -0.2) is 0 Å². The minimum atomic E-state index is -0.487. The number of nitrogens with one attached hydrogen (secondary N) is 1. The van der Waals surface area contributed by atoms with E-state index in [1.54, 1.807) is 0 Å². The topological polar surface area (TPSA) is 52.6 Å². The minimum Gasteiger partial charge on any atom is -0.388 e. The Morgan fingerprint density at radius 3 is 2.77 bits per heavy atom. The lowest BCUT2D eigenvalue weighted by atomic mass is 10.0. The number of benzene rings is 1. The number of aliphatic hydroxyl groups excluding tert-OH is 1. The molecule has 2 aliphatic rings. The zero-order chi connectivity index (χ0) is 15.4. The Bertz CT molecular complexity index is 487. The summed E-state index contributed by atoms with van der Waals surface area (Å²) in [7, 11) is 0. The second-order valence-electron chi connectivity index (χ2n) is 6.62. The number of carbonyl (C=O) groups excluding carboxylic acids is 1. The fraction of sp³-hybridized carbons (Fsp3) is 0.611. The molecule has 1 aliphatic heterocycles. The first-order valence-corrected chi connectivity index (χ1v) is 8.47. The highest BCUT2D eigenvalue weighted by Gasteiger charge is 2.30. The van der Waals surface area contributed by atoms with E-state index in [-0.39, 0.29) is 11.9 Å². The molecule has 1 saturated carbocycles. The molecule has 1 heterocycles. The predicted molar refractivity (Wildman–Crippen MR) is 86.3 cm³/mol. The van der Waals surface area contributed by atoms with Crippen LogP contribution in [0, 0.1) is 5.92 Å². The summed E-state index contributed by atoms with van der Waals surface area (Å²) in [4.78, 5) is 14.3. The van der Waals surface area contributed by atoms with Crippen molar-refractivity contribution in [3.63, 3.8) is 0 Å². The third-order valence-electron chi connectivity index (χ3n) is 4.78. The Labute approximate surface area is 132 Å². The van der Waals surface area contributed by atoms with E-state index in [2.05, 4.69) is 5.32 Å². The highest BCUT2D eigenvalue weighted by molar-refractivity contribution is 5.78. The van der Waals surface area contributed by atoms with Gasteiger partial charge in [0.25, 0.3) is 0 Å². The van der Waals surface area contributed by atoms with Gasteiger partial charge in [-0.1, -0.05) is 30.3 Å². The van der Waals surface area contributed by atoms with E-state index < -0.39 is 6.10 Å². The fourth-order valence-electron chi connectivity index (χ4n) is 3.28. The van der Waals surface area contributed by atoms with E-state index >= 15 is 0 Å². The van der Waals surface area contributed by atoms with Gasteiger partial charge >= 0.3 is 0 Å². The van der Waals surface area contributed by atoms with Gasteiger partial charge in [0.1, 0.15) is 0 Å². The maximum absolute atomic E-state index is 12.4. The molecule has 0 radical (unpaired) electrons. The highest BCUT2D eigenvalue weighted by Crippen LogP contribution is 2.28. The summed E-state index contributed by atoms with van der Waals surface area (Å²) >= 11 is 0. The minimum absolute atomic E-state index is 0.172. The summed E-state index contributed by atoms with van der Waals surface area (Å²) in [6.45, 7) is 2.24. The summed E-state index contributed by atoms with van der Waals surface area (Å²) in [5, 5.41) is 13.7. The van der Waals surface area contributed by atoms with Crippen LogP contribution in [0.15, 0.2) is 30.3 Å². The zero-order valence-electron chi connectivity index (χ0n) is 13.1. The number of rotatable bonds is 7. The van der Waals surface area contributed by atoms with Crippen molar-refractivity contribution < 1.29 is 9.90 Å². The van der Waals surface area contributed by atoms with Crippen LogP contribution < -0.4 is 5.32 Å². The van der Waals surface area contributed by atoms with Crippen LogP contribution in [0.1, 0.15) is 43.8 Å². The van der Waals surface area contributed by atoms with Crippen LogP contribution in [-0.4, -0.2) is 41.6 Å². The monoisotopic (exact) mass is 302 g/mol. The molecule has 2 atom stereocenters. The van der Waals surface area contributed by atoms with E-state index in [1.165, 1.54) is 12.8 Å². The average molecular weight is 302 g/mol. The number of aliphatic hydroxyl groups is 1. The van der Waals surface area contributed by atoms with Crippen molar-refractivity contribution in [1.82, 2.24) is 10.2 Å². The van der Waals surface area contributed by atoms with Crippen LogP contribution in [0.5, 0.6) is 0 Å². The van der Waals surface area contributed by atoms with E-state index in [0.717, 1.165) is 37.4 Å². The van der Waals surface area contributed by atoms with Gasteiger partial charge in [-0.05, 0) is 50.1 Å². The summed E-state index contributed by atoms with van der Waals surface area (Å²) in [5.41, 5.74) is 0.939. The zero-order valence-corrected chi connectivity index (χ0v) is 13.1. The van der Waals surface area contributed by atoms with Crippen molar-refractivity contribution in [2.45, 2.75) is 44.2 Å². The van der Waals surface area contributed by atoms with Crippen molar-refractivity contribution in [3.05, 3.63) is 35.9 Å². The second-order valence-corrected chi connectivity index (χ2v) is 6.62. The predicted octanol–water partition coefficient (Wildman–Crippen LogP) is 2.10. The third-order valence-corrected chi connectivity index (χ3v) is 4.78. The highest BCUT2D eigenvalue weighted by atomic mass is 16.3. The molecule has 0 spiro atoms. The van der Waals surface area contributed by atoms with Gasteiger partial charge in [0.15, 0.2) is 0 Å². The van der Waals surface area contributed by atoms with Crippen LogP contribution in [0.4, 0.5) is 0 Å². The molecule has 2 fully saturated rings. The molecule has 4 nitrogen and oxygen atoms in total. The molecule has 1 amide bonds. The van der Waals surface area contributed by atoms with Crippen molar-refractivity contribution in [1.29, 1.82) is 0 Å². The van der Waals surface area contributed by atoms with Gasteiger partial charge < -0.3 is 15.3 Å². The van der Waals surface area contributed by atoms with Gasteiger partial charge in [0.2, 0.25) is 5.91 Å². The molecule has 1 aromatic rings. The van der Waals surface area contributed by atoms with Crippen LogP contribution in [-0.2, 0) is 4.79 Å².